The average molecular weight is 328 g/mol. The molecule has 0 saturated heterocycles. The first-order valence-electron chi connectivity index (χ1n) is 6.34. The van der Waals surface area contributed by atoms with Gasteiger partial charge in [0.2, 0.25) is 0 Å². The Balaban J connectivity index is 2.51. The van der Waals surface area contributed by atoms with Gasteiger partial charge >= 0.3 is 12.6 Å². The Hall–Kier alpha value is -2.22. The van der Waals surface area contributed by atoms with Crippen molar-refractivity contribution in [1.82, 2.24) is 10.6 Å². The lowest BCUT2D eigenvalue weighted by Gasteiger charge is -2.30. The molecule has 2 N–H and O–H groups in total. The maximum absolute atomic E-state index is 12.6. The van der Waals surface area contributed by atoms with E-state index in [1.165, 1.54) is 13.2 Å². The van der Waals surface area contributed by atoms with Crippen LogP contribution in [0.4, 0.5) is 8.78 Å². The Kier molecular flexibility index (Phi) is 4.92. The second-order valence-corrected chi connectivity index (χ2v) is 4.89. The van der Waals surface area contributed by atoms with Gasteiger partial charge in [-0.05, 0) is 25.2 Å². The fraction of sp³-hybridized carbons (Fsp3) is 0.286. The summed E-state index contributed by atoms with van der Waals surface area (Å²) < 4.78 is 34.4. The summed E-state index contributed by atoms with van der Waals surface area (Å²) in [6, 6.07) is 5.47. The zero-order valence-corrected chi connectivity index (χ0v) is 12.7. The minimum absolute atomic E-state index is 0.0334. The van der Waals surface area contributed by atoms with Gasteiger partial charge in [0.25, 0.3) is 0 Å². The zero-order valence-electron chi connectivity index (χ0n) is 11.9. The van der Waals surface area contributed by atoms with E-state index in [9.17, 15) is 13.6 Å². The molecule has 1 aromatic rings. The summed E-state index contributed by atoms with van der Waals surface area (Å²) >= 11 is 5.07. The normalized spacial score (nSPS) is 17.9. The third kappa shape index (κ3) is 3.33. The first-order chi connectivity index (χ1) is 10.4. The molecule has 22 heavy (non-hydrogen) atoms. The summed E-state index contributed by atoms with van der Waals surface area (Å²) in [5.74, 6) is -0.620. The second-order valence-electron chi connectivity index (χ2n) is 4.48. The van der Waals surface area contributed by atoms with Gasteiger partial charge in [-0.1, -0.05) is 18.2 Å². The Morgan fingerprint density at radius 2 is 2.05 bits per heavy atom. The number of esters is 1. The smallest absolute Gasteiger partial charge is 0.387 e. The van der Waals surface area contributed by atoms with Gasteiger partial charge in [0.1, 0.15) is 5.75 Å². The molecule has 0 saturated carbocycles. The van der Waals surface area contributed by atoms with Crippen LogP contribution in [-0.2, 0) is 9.53 Å². The minimum atomic E-state index is -2.97. The molecule has 0 unspecified atom stereocenters. The van der Waals surface area contributed by atoms with Gasteiger partial charge in [-0.15, -0.1) is 0 Å². The molecule has 1 atom stereocenters. The first-order valence-corrected chi connectivity index (χ1v) is 6.75. The Morgan fingerprint density at radius 1 is 1.36 bits per heavy atom. The number of para-hydroxylation sites is 1. The van der Waals surface area contributed by atoms with Crippen LogP contribution in [0.25, 0.3) is 0 Å². The largest absolute Gasteiger partial charge is 0.466 e. The van der Waals surface area contributed by atoms with Crippen LogP contribution in [0.3, 0.4) is 0 Å². The molecular weight excluding hydrogens is 314 g/mol. The number of hydrogen-bond donors (Lipinski definition) is 2. The molecule has 118 valence electrons. The number of alkyl halides is 2. The predicted molar refractivity (Wildman–Crippen MR) is 79.4 cm³/mol. The highest BCUT2D eigenvalue weighted by Crippen LogP contribution is 2.34. The first kappa shape index (κ1) is 16.2. The highest BCUT2D eigenvalue weighted by molar-refractivity contribution is 7.80. The van der Waals surface area contributed by atoms with Gasteiger partial charge in [0.15, 0.2) is 5.11 Å². The standard InChI is InChI=1S/C14H14F2N2O3S/c1-7-10(12(19)20-2)11(18-14(22)17-7)8-5-3-4-6-9(8)21-13(15)16/h3-6,11,13H,1-2H3,(H2,17,18,22)/t11-/m0/s1. The van der Waals surface area contributed by atoms with E-state index in [0.717, 1.165) is 0 Å². The SMILES string of the molecule is COC(=O)C1=C(C)NC(=S)N[C@H]1c1ccccc1OC(F)F. The number of hydrogen-bond acceptors (Lipinski definition) is 4. The van der Waals surface area contributed by atoms with Crippen molar-refractivity contribution >= 4 is 23.3 Å². The summed E-state index contributed by atoms with van der Waals surface area (Å²) in [6.45, 7) is -1.32. The van der Waals surface area contributed by atoms with Crippen molar-refractivity contribution in [3.05, 3.63) is 41.1 Å². The van der Waals surface area contributed by atoms with Gasteiger partial charge < -0.3 is 20.1 Å². The lowest BCUT2D eigenvalue weighted by atomic mass is 9.95. The number of halogens is 2. The maximum atomic E-state index is 12.6. The van der Waals surface area contributed by atoms with Crippen LogP contribution in [-0.4, -0.2) is 24.8 Å². The lowest BCUT2D eigenvalue weighted by Crippen LogP contribution is -2.45. The fourth-order valence-electron chi connectivity index (χ4n) is 2.23. The van der Waals surface area contributed by atoms with E-state index in [1.807, 2.05) is 0 Å². The van der Waals surface area contributed by atoms with Crippen molar-refractivity contribution in [3.63, 3.8) is 0 Å². The number of ether oxygens (including phenoxy) is 2. The topological polar surface area (TPSA) is 59.6 Å². The van der Waals surface area contributed by atoms with Crippen molar-refractivity contribution in [1.29, 1.82) is 0 Å². The fourth-order valence-corrected chi connectivity index (χ4v) is 2.50. The van der Waals surface area contributed by atoms with Gasteiger partial charge in [-0.2, -0.15) is 8.78 Å². The summed E-state index contributed by atoms with van der Waals surface area (Å²) in [4.78, 5) is 12.0. The molecule has 0 amide bonds. The van der Waals surface area contributed by atoms with Crippen molar-refractivity contribution < 1.29 is 23.0 Å². The van der Waals surface area contributed by atoms with Crippen LogP contribution in [0.15, 0.2) is 35.5 Å². The third-order valence-corrected chi connectivity index (χ3v) is 3.34. The zero-order chi connectivity index (χ0) is 16.3. The van der Waals surface area contributed by atoms with Crippen LogP contribution in [0, 0.1) is 0 Å². The summed E-state index contributed by atoms with van der Waals surface area (Å²) in [5.41, 5.74) is 1.11. The number of nitrogens with one attached hydrogen (secondary N) is 2. The molecular formula is C14H14F2N2O3S. The van der Waals surface area contributed by atoms with Crippen LogP contribution in [0.5, 0.6) is 5.75 Å². The van der Waals surface area contributed by atoms with Crippen molar-refractivity contribution in [2.24, 2.45) is 0 Å². The van der Waals surface area contributed by atoms with E-state index in [1.54, 1.807) is 25.1 Å². The number of rotatable bonds is 4. The van der Waals surface area contributed by atoms with E-state index in [4.69, 9.17) is 17.0 Å². The summed E-state index contributed by atoms with van der Waals surface area (Å²) in [7, 11) is 1.24. The second kappa shape index (κ2) is 6.69. The van der Waals surface area contributed by atoms with E-state index >= 15 is 0 Å². The highest BCUT2D eigenvalue weighted by Gasteiger charge is 2.32. The maximum Gasteiger partial charge on any atom is 0.387 e. The molecule has 2 rings (SSSR count). The summed E-state index contributed by atoms with van der Waals surface area (Å²) in [6.07, 6.45) is 0. The van der Waals surface area contributed by atoms with Gasteiger partial charge in [0.05, 0.1) is 18.7 Å². The highest BCUT2D eigenvalue weighted by atomic mass is 32.1. The Labute approximate surface area is 131 Å². The van der Waals surface area contributed by atoms with Gasteiger partial charge in [-0.3, -0.25) is 0 Å². The van der Waals surface area contributed by atoms with Crippen molar-refractivity contribution in [2.45, 2.75) is 19.6 Å². The lowest BCUT2D eigenvalue weighted by molar-refractivity contribution is -0.136. The number of carbonyl (C=O) groups is 1. The number of methoxy groups -OCH3 is 1. The molecule has 0 spiro atoms. The molecule has 1 aromatic carbocycles. The van der Waals surface area contributed by atoms with Crippen LogP contribution in [0.1, 0.15) is 18.5 Å². The molecule has 5 nitrogen and oxygen atoms in total. The van der Waals surface area contributed by atoms with Crippen molar-refractivity contribution in [3.8, 4) is 5.75 Å². The molecule has 8 heteroatoms. The Morgan fingerprint density at radius 3 is 2.68 bits per heavy atom. The molecule has 0 aromatic heterocycles. The van der Waals surface area contributed by atoms with Crippen molar-refractivity contribution in [2.75, 3.05) is 7.11 Å². The number of carbonyl (C=O) groups excluding carboxylic acids is 1. The minimum Gasteiger partial charge on any atom is -0.466 e. The molecule has 0 fully saturated rings. The van der Waals surface area contributed by atoms with Crippen LogP contribution in [0.2, 0.25) is 0 Å². The van der Waals surface area contributed by atoms with E-state index in [0.29, 0.717) is 11.3 Å². The average Bonchev–Trinajstić information content (AvgIpc) is 2.45. The van der Waals surface area contributed by atoms with E-state index in [2.05, 4.69) is 15.4 Å². The predicted octanol–water partition coefficient (Wildman–Crippen LogP) is 2.25. The van der Waals surface area contributed by atoms with Gasteiger partial charge in [-0.25, -0.2) is 4.79 Å². The molecule has 1 heterocycles. The third-order valence-electron chi connectivity index (χ3n) is 3.12. The van der Waals surface area contributed by atoms with E-state index < -0.39 is 18.6 Å². The molecule has 1 aliphatic heterocycles. The molecule has 0 aliphatic carbocycles. The number of allylic oxidation sites excluding steroid dienone is 1. The van der Waals surface area contributed by atoms with E-state index in [-0.39, 0.29) is 16.4 Å². The van der Waals surface area contributed by atoms with Gasteiger partial charge in [0, 0.05) is 11.3 Å². The summed E-state index contributed by atoms with van der Waals surface area (Å²) in [5, 5.41) is 5.97. The Bertz CT molecular complexity index is 634. The molecule has 1 aliphatic rings. The number of thiocarbonyl (C=S) groups is 1. The molecule has 0 bridgehead atoms. The quantitative estimate of drug-likeness (QED) is 0.653. The van der Waals surface area contributed by atoms with Crippen LogP contribution >= 0.6 is 12.2 Å². The molecule has 0 radical (unpaired) electrons. The number of benzene rings is 1. The van der Waals surface area contributed by atoms with Crippen LogP contribution < -0.4 is 15.4 Å². The monoisotopic (exact) mass is 328 g/mol.